The Morgan fingerprint density at radius 3 is 2.37 bits per heavy atom. The molecule has 0 spiro atoms. The van der Waals surface area contributed by atoms with Crippen LogP contribution in [-0.4, -0.2) is 35.2 Å². The van der Waals surface area contributed by atoms with E-state index in [1.807, 2.05) is 0 Å². The number of carbonyl (C=O) groups is 2. The molecule has 2 radical (unpaired) electrons. The number of aromatic nitrogens is 1. The fourth-order valence-corrected chi connectivity index (χ4v) is 2.34. The lowest BCUT2D eigenvalue weighted by atomic mass is 9.91. The van der Waals surface area contributed by atoms with Crippen molar-refractivity contribution >= 4 is 25.4 Å². The maximum atomic E-state index is 13.2. The number of nitrogens with zero attached hydrogens (tertiary/aromatic N) is 1. The zero-order chi connectivity index (χ0) is 20.4. The van der Waals surface area contributed by atoms with Gasteiger partial charge in [0.25, 0.3) is 5.56 Å². The first-order chi connectivity index (χ1) is 12.5. The quantitative estimate of drug-likeness (QED) is 0.793. The molecule has 140 valence electrons. The van der Waals surface area contributed by atoms with Crippen LogP contribution in [0.25, 0.3) is 5.69 Å². The molecule has 27 heavy (non-hydrogen) atoms. The van der Waals surface area contributed by atoms with E-state index in [2.05, 4.69) is 5.32 Å². The van der Waals surface area contributed by atoms with Crippen LogP contribution in [0.4, 0.5) is 9.18 Å². The average Bonchev–Trinajstić information content (AvgIpc) is 2.54. The molecule has 2 rings (SSSR count). The third-order valence-corrected chi connectivity index (χ3v) is 3.45. The van der Waals surface area contributed by atoms with Crippen molar-refractivity contribution < 1.29 is 23.8 Å². The molecule has 1 aromatic carbocycles. The summed E-state index contributed by atoms with van der Waals surface area (Å²) >= 11 is 0. The fraction of sp³-hybridized carbons (Fsp3) is 0.278. The average molecular weight is 372 g/mol. The number of pyridine rings is 1. The standard InChI is InChI=1S/C18H18BFN2O5/c1-18(2,3)27-17(26)21-9-14-13(19)8-12(16(24)25)15(23)22(14)11-6-4-10(20)5-7-11/h4-8H,9H2,1-3H3,(H,21,26)(H,24,25). The monoisotopic (exact) mass is 372 g/mol. The van der Waals surface area contributed by atoms with Gasteiger partial charge < -0.3 is 15.2 Å². The second-order valence-electron chi connectivity index (χ2n) is 6.74. The third-order valence-electron chi connectivity index (χ3n) is 3.45. The van der Waals surface area contributed by atoms with Gasteiger partial charge in [0, 0.05) is 11.4 Å². The summed E-state index contributed by atoms with van der Waals surface area (Å²) in [6, 6.07) is 5.88. The fourth-order valence-electron chi connectivity index (χ4n) is 2.34. The number of carboxylic acids is 1. The molecule has 2 N–H and O–H groups in total. The Bertz CT molecular complexity index is 932. The minimum absolute atomic E-state index is 0.0209. The van der Waals surface area contributed by atoms with Crippen LogP contribution < -0.4 is 16.3 Å². The molecule has 0 saturated carbocycles. The van der Waals surface area contributed by atoms with Gasteiger partial charge in [-0.25, -0.2) is 14.0 Å². The number of amides is 1. The van der Waals surface area contributed by atoms with E-state index in [0.717, 1.165) is 22.8 Å². The van der Waals surface area contributed by atoms with Crippen LogP contribution in [0.5, 0.6) is 0 Å². The SMILES string of the molecule is [B]c1cc(C(=O)O)c(=O)n(-c2ccc(F)cc2)c1CNC(=O)OC(C)(C)C. The van der Waals surface area contributed by atoms with Gasteiger partial charge in [0.1, 0.15) is 24.8 Å². The Kier molecular flexibility index (Phi) is 5.73. The van der Waals surface area contributed by atoms with Crippen LogP contribution in [0, 0.1) is 5.82 Å². The van der Waals surface area contributed by atoms with Crippen molar-refractivity contribution in [1.82, 2.24) is 9.88 Å². The first-order valence-corrected chi connectivity index (χ1v) is 8.00. The predicted molar refractivity (Wildman–Crippen MR) is 97.4 cm³/mol. The van der Waals surface area contributed by atoms with Crippen molar-refractivity contribution in [1.29, 1.82) is 0 Å². The van der Waals surface area contributed by atoms with Crippen molar-refractivity contribution in [2.45, 2.75) is 32.9 Å². The first kappa shape index (κ1) is 20.2. The molecule has 0 fully saturated rings. The Morgan fingerprint density at radius 2 is 1.85 bits per heavy atom. The molecule has 0 unspecified atom stereocenters. The maximum Gasteiger partial charge on any atom is 0.407 e. The van der Waals surface area contributed by atoms with Crippen molar-refractivity contribution in [3.05, 3.63) is 57.8 Å². The van der Waals surface area contributed by atoms with Crippen LogP contribution in [-0.2, 0) is 11.3 Å². The Morgan fingerprint density at radius 1 is 1.26 bits per heavy atom. The molecule has 7 nitrogen and oxygen atoms in total. The van der Waals surface area contributed by atoms with Crippen LogP contribution in [0.1, 0.15) is 36.8 Å². The number of benzene rings is 1. The van der Waals surface area contributed by atoms with Gasteiger partial charge in [0.05, 0.1) is 6.54 Å². The molecule has 1 heterocycles. The number of aromatic carboxylic acids is 1. The second kappa shape index (κ2) is 7.65. The van der Waals surface area contributed by atoms with Crippen LogP contribution >= 0.6 is 0 Å². The molecule has 1 aromatic heterocycles. The van der Waals surface area contributed by atoms with E-state index in [-0.39, 0.29) is 23.4 Å². The summed E-state index contributed by atoms with van der Waals surface area (Å²) in [4.78, 5) is 35.8. The van der Waals surface area contributed by atoms with E-state index >= 15 is 0 Å². The molecule has 0 bridgehead atoms. The largest absolute Gasteiger partial charge is 0.477 e. The van der Waals surface area contributed by atoms with Gasteiger partial charge in [-0.1, -0.05) is 5.46 Å². The summed E-state index contributed by atoms with van der Waals surface area (Å²) in [5.74, 6) is -1.98. The molecule has 0 saturated heterocycles. The van der Waals surface area contributed by atoms with Gasteiger partial charge in [-0.05, 0) is 51.1 Å². The molecule has 9 heteroatoms. The highest BCUT2D eigenvalue weighted by Crippen LogP contribution is 2.11. The highest BCUT2D eigenvalue weighted by molar-refractivity contribution is 6.33. The highest BCUT2D eigenvalue weighted by atomic mass is 19.1. The van der Waals surface area contributed by atoms with Crippen molar-refractivity contribution in [2.75, 3.05) is 0 Å². The highest BCUT2D eigenvalue weighted by Gasteiger charge is 2.20. The molecule has 0 atom stereocenters. The smallest absolute Gasteiger partial charge is 0.407 e. The normalized spacial score (nSPS) is 11.1. The first-order valence-electron chi connectivity index (χ1n) is 8.00. The summed E-state index contributed by atoms with van der Waals surface area (Å²) < 4.78 is 19.4. The number of hydrogen-bond donors (Lipinski definition) is 2. The zero-order valence-electron chi connectivity index (χ0n) is 15.1. The Balaban J connectivity index is 2.51. The van der Waals surface area contributed by atoms with Gasteiger partial charge >= 0.3 is 12.1 Å². The minimum Gasteiger partial charge on any atom is -0.477 e. The molecule has 0 aliphatic carbocycles. The van der Waals surface area contributed by atoms with Crippen LogP contribution in [0.3, 0.4) is 0 Å². The number of nitrogens with one attached hydrogen (secondary N) is 1. The topological polar surface area (TPSA) is 97.6 Å². The lowest BCUT2D eigenvalue weighted by Crippen LogP contribution is -2.38. The third kappa shape index (κ3) is 4.96. The number of carbonyl (C=O) groups excluding carboxylic acids is 1. The number of ether oxygens (including phenoxy) is 1. The molecular formula is C18H18BFN2O5. The molecular weight excluding hydrogens is 354 g/mol. The molecule has 0 aliphatic heterocycles. The summed E-state index contributed by atoms with van der Waals surface area (Å²) in [5, 5.41) is 11.7. The van der Waals surface area contributed by atoms with E-state index in [1.54, 1.807) is 20.8 Å². The van der Waals surface area contributed by atoms with Crippen molar-refractivity contribution in [2.24, 2.45) is 0 Å². The summed E-state index contributed by atoms with van der Waals surface area (Å²) in [5.41, 5.74) is -1.80. The van der Waals surface area contributed by atoms with E-state index in [4.69, 9.17) is 12.6 Å². The number of hydrogen-bond acceptors (Lipinski definition) is 4. The second-order valence-corrected chi connectivity index (χ2v) is 6.74. The van der Waals surface area contributed by atoms with E-state index < -0.39 is 34.6 Å². The molecule has 0 aliphatic rings. The van der Waals surface area contributed by atoms with Gasteiger partial charge in [-0.3, -0.25) is 9.36 Å². The number of halogens is 1. The number of alkyl carbamates (subject to hydrolysis) is 1. The molecule has 2 aromatic rings. The van der Waals surface area contributed by atoms with Gasteiger partial charge in [-0.15, -0.1) is 0 Å². The Labute approximate surface area is 156 Å². The van der Waals surface area contributed by atoms with Gasteiger partial charge in [0.15, 0.2) is 0 Å². The summed E-state index contributed by atoms with van der Waals surface area (Å²) in [7, 11) is 5.92. The number of rotatable bonds is 4. The summed E-state index contributed by atoms with van der Waals surface area (Å²) in [6.07, 6.45) is -0.734. The van der Waals surface area contributed by atoms with Crippen LogP contribution in [0.15, 0.2) is 35.1 Å². The van der Waals surface area contributed by atoms with E-state index in [1.165, 1.54) is 12.1 Å². The maximum absolute atomic E-state index is 13.2. The summed E-state index contributed by atoms with van der Waals surface area (Å²) in [6.45, 7) is 4.87. The zero-order valence-corrected chi connectivity index (χ0v) is 15.1. The van der Waals surface area contributed by atoms with E-state index in [9.17, 15) is 23.9 Å². The van der Waals surface area contributed by atoms with Crippen molar-refractivity contribution in [3.8, 4) is 5.69 Å². The number of carboxylic acid groups (broad SMARTS) is 1. The van der Waals surface area contributed by atoms with Crippen molar-refractivity contribution in [3.63, 3.8) is 0 Å². The van der Waals surface area contributed by atoms with E-state index in [0.29, 0.717) is 0 Å². The molecule has 1 amide bonds. The minimum atomic E-state index is -1.45. The lowest BCUT2D eigenvalue weighted by Gasteiger charge is -2.21. The Hall–Kier alpha value is -3.10. The van der Waals surface area contributed by atoms with Crippen LogP contribution in [0.2, 0.25) is 0 Å². The van der Waals surface area contributed by atoms with Gasteiger partial charge in [-0.2, -0.15) is 0 Å². The predicted octanol–water partition coefficient (Wildman–Crippen LogP) is 1.49. The van der Waals surface area contributed by atoms with Gasteiger partial charge in [0.2, 0.25) is 0 Å². The lowest BCUT2D eigenvalue weighted by molar-refractivity contribution is 0.0521.